The van der Waals surface area contributed by atoms with Crippen molar-refractivity contribution in [2.75, 3.05) is 13.7 Å². The fraction of sp³-hybridized carbons (Fsp3) is 0.700. The zero-order chi connectivity index (χ0) is 31.1. The third-order valence-electron chi connectivity index (χ3n) is 8.64. The molecule has 228 valence electrons. The number of imide groups is 1. The molecule has 0 spiro atoms. The lowest BCUT2D eigenvalue weighted by molar-refractivity contribution is -0.314. The molecule has 2 saturated heterocycles. The number of fused-ring (bicyclic) bond motifs is 1. The van der Waals surface area contributed by atoms with Gasteiger partial charge in [0.15, 0.2) is 6.10 Å². The number of rotatable bonds is 11. The molecule has 0 bridgehead atoms. The number of allylic oxidation sites excluding steroid dienone is 2. The number of ether oxygens (including phenoxy) is 2. The van der Waals surface area contributed by atoms with Crippen molar-refractivity contribution < 1.29 is 43.4 Å². The largest absolute Gasteiger partial charge is 0.479 e. The highest BCUT2D eigenvalue weighted by molar-refractivity contribution is 6.07. The van der Waals surface area contributed by atoms with E-state index in [1.54, 1.807) is 31.1 Å². The Bertz CT molecular complexity index is 1060. The molecule has 0 aromatic carbocycles. The molecule has 2 heterocycles. The maximum absolute atomic E-state index is 13.1. The number of methoxy groups -OCH3 is 1. The van der Waals surface area contributed by atoms with Gasteiger partial charge in [-0.1, -0.05) is 12.2 Å². The predicted molar refractivity (Wildman–Crippen MR) is 148 cm³/mol. The monoisotopic (exact) mass is 576 g/mol. The highest BCUT2D eigenvalue weighted by atomic mass is 16.7. The van der Waals surface area contributed by atoms with Gasteiger partial charge in [0.05, 0.1) is 24.4 Å². The first kappa shape index (κ1) is 32.5. The lowest BCUT2D eigenvalue weighted by Crippen LogP contribution is -2.63. The Balaban J connectivity index is 1.69. The molecular weight excluding hydrogens is 532 g/mol. The van der Waals surface area contributed by atoms with Crippen LogP contribution in [0.4, 0.5) is 0 Å². The van der Waals surface area contributed by atoms with E-state index in [9.17, 15) is 29.1 Å². The van der Waals surface area contributed by atoms with E-state index >= 15 is 0 Å². The lowest BCUT2D eigenvalue weighted by Gasteiger charge is -2.54. The SMILES string of the molecule is C=CC1CC(C=C)[C@@H]2C(=O)N(CC(=O)OC3CC(C)(C)N(OC(CC(C)(C)C(=O)OC)C(=O)O)C(C)(C)C3)C(=O)[C@H]12. The molecule has 41 heavy (non-hydrogen) atoms. The molecule has 5 atom stereocenters. The second-order valence-electron chi connectivity index (χ2n) is 13.3. The Labute approximate surface area is 241 Å². The zero-order valence-electron chi connectivity index (χ0n) is 25.2. The second-order valence-corrected chi connectivity index (χ2v) is 13.3. The number of hydroxylamine groups is 2. The number of carbonyl (C=O) groups excluding carboxylic acids is 4. The normalized spacial score (nSPS) is 28.6. The molecule has 0 aromatic heterocycles. The molecule has 0 aromatic rings. The Morgan fingerprint density at radius 3 is 1.93 bits per heavy atom. The number of amides is 2. The van der Waals surface area contributed by atoms with Crippen molar-refractivity contribution in [2.45, 2.75) is 90.5 Å². The van der Waals surface area contributed by atoms with Crippen LogP contribution in [0, 0.1) is 29.1 Å². The number of hydrogen-bond donors (Lipinski definition) is 1. The molecule has 2 amide bonds. The van der Waals surface area contributed by atoms with Crippen LogP contribution < -0.4 is 0 Å². The number of carboxylic acid groups (broad SMARTS) is 1. The van der Waals surface area contributed by atoms with E-state index in [0.717, 1.165) is 4.90 Å². The maximum atomic E-state index is 13.1. The summed E-state index contributed by atoms with van der Waals surface area (Å²) >= 11 is 0. The van der Waals surface area contributed by atoms with Gasteiger partial charge in [-0.3, -0.25) is 28.9 Å². The smallest absolute Gasteiger partial charge is 0.335 e. The average molecular weight is 577 g/mol. The quantitative estimate of drug-likeness (QED) is 0.222. The summed E-state index contributed by atoms with van der Waals surface area (Å²) in [5.74, 6) is -4.61. The zero-order valence-corrected chi connectivity index (χ0v) is 25.2. The van der Waals surface area contributed by atoms with Gasteiger partial charge in [0.25, 0.3) is 0 Å². The third-order valence-corrected chi connectivity index (χ3v) is 8.64. The van der Waals surface area contributed by atoms with Gasteiger partial charge >= 0.3 is 17.9 Å². The average Bonchev–Trinajstić information content (AvgIpc) is 3.35. The first-order valence-corrected chi connectivity index (χ1v) is 14.0. The van der Waals surface area contributed by atoms with E-state index in [1.807, 2.05) is 27.7 Å². The summed E-state index contributed by atoms with van der Waals surface area (Å²) in [7, 11) is 1.25. The fourth-order valence-electron chi connectivity index (χ4n) is 6.94. The summed E-state index contributed by atoms with van der Waals surface area (Å²) in [6, 6.07) is 0. The van der Waals surface area contributed by atoms with Crippen LogP contribution in [0.5, 0.6) is 0 Å². The molecule has 3 fully saturated rings. The van der Waals surface area contributed by atoms with Gasteiger partial charge in [-0.2, -0.15) is 5.06 Å². The minimum absolute atomic E-state index is 0.116. The molecule has 11 nitrogen and oxygen atoms in total. The van der Waals surface area contributed by atoms with E-state index in [4.69, 9.17) is 14.3 Å². The predicted octanol–water partition coefficient (Wildman–Crippen LogP) is 3.13. The molecule has 1 saturated carbocycles. The van der Waals surface area contributed by atoms with Crippen molar-refractivity contribution in [3.05, 3.63) is 25.3 Å². The Morgan fingerprint density at radius 2 is 1.51 bits per heavy atom. The van der Waals surface area contributed by atoms with E-state index < -0.39 is 65.0 Å². The van der Waals surface area contributed by atoms with Crippen molar-refractivity contribution in [3.8, 4) is 0 Å². The van der Waals surface area contributed by atoms with Crippen molar-refractivity contribution in [3.63, 3.8) is 0 Å². The van der Waals surface area contributed by atoms with Gasteiger partial charge in [-0.25, -0.2) is 4.79 Å². The van der Waals surface area contributed by atoms with Crippen molar-refractivity contribution >= 4 is 29.7 Å². The molecule has 11 heteroatoms. The van der Waals surface area contributed by atoms with Crippen LogP contribution in [0.15, 0.2) is 25.3 Å². The van der Waals surface area contributed by atoms with E-state index in [2.05, 4.69) is 13.2 Å². The molecule has 1 N–H and O–H groups in total. The summed E-state index contributed by atoms with van der Waals surface area (Å²) in [6.07, 6.45) is 2.61. The lowest BCUT2D eigenvalue weighted by atomic mass is 9.80. The summed E-state index contributed by atoms with van der Waals surface area (Å²) < 4.78 is 10.6. The van der Waals surface area contributed by atoms with Crippen LogP contribution >= 0.6 is 0 Å². The Hall–Kier alpha value is -3.05. The third kappa shape index (κ3) is 6.40. The molecular formula is C30H44N2O9. The maximum Gasteiger partial charge on any atom is 0.335 e. The summed E-state index contributed by atoms with van der Waals surface area (Å²) in [5, 5.41) is 11.5. The topological polar surface area (TPSA) is 140 Å². The first-order chi connectivity index (χ1) is 18.9. The van der Waals surface area contributed by atoms with Crippen molar-refractivity contribution in [1.82, 2.24) is 9.96 Å². The van der Waals surface area contributed by atoms with Crippen molar-refractivity contribution in [1.29, 1.82) is 0 Å². The van der Waals surface area contributed by atoms with E-state index in [0.29, 0.717) is 19.3 Å². The highest BCUT2D eigenvalue weighted by Gasteiger charge is 2.57. The van der Waals surface area contributed by atoms with Crippen molar-refractivity contribution in [2.24, 2.45) is 29.1 Å². The van der Waals surface area contributed by atoms with Crippen LogP contribution in [-0.2, 0) is 38.3 Å². The molecule has 3 rings (SSSR count). The van der Waals surface area contributed by atoms with Crippen LogP contribution in [0.25, 0.3) is 0 Å². The molecule has 3 aliphatic rings. The number of esters is 2. The minimum Gasteiger partial charge on any atom is -0.479 e. The van der Waals surface area contributed by atoms with Gasteiger partial charge in [0.2, 0.25) is 11.8 Å². The summed E-state index contributed by atoms with van der Waals surface area (Å²) in [6.45, 7) is 17.7. The van der Waals surface area contributed by atoms with Crippen LogP contribution in [0.1, 0.15) is 67.2 Å². The summed E-state index contributed by atoms with van der Waals surface area (Å²) in [4.78, 5) is 70.7. The Kier molecular flexibility index (Phi) is 9.25. The van der Waals surface area contributed by atoms with Gasteiger partial charge in [0, 0.05) is 30.3 Å². The second kappa shape index (κ2) is 11.7. The van der Waals surface area contributed by atoms with Crippen LogP contribution in [0.3, 0.4) is 0 Å². The van der Waals surface area contributed by atoms with E-state index in [1.165, 1.54) is 7.11 Å². The van der Waals surface area contributed by atoms with E-state index in [-0.39, 0.29) is 30.1 Å². The minimum atomic E-state index is -1.33. The van der Waals surface area contributed by atoms with Gasteiger partial charge < -0.3 is 14.6 Å². The molecule has 0 radical (unpaired) electrons. The number of carboxylic acids is 1. The molecule has 2 aliphatic heterocycles. The number of hydrogen-bond acceptors (Lipinski definition) is 9. The van der Waals surface area contributed by atoms with Crippen LogP contribution in [0.2, 0.25) is 0 Å². The standard InChI is InChI=1S/C30H44N2O9/c1-10-17-12-18(11-2)23-22(17)24(34)31(25(23)35)16-21(33)40-19-13-29(5,6)32(30(7,8)14-19)41-20(26(36)37)15-28(3,4)27(38)39-9/h10-11,17-20,22-23H,1-2,12-16H2,3-9H3,(H,36,37)/t17?,18?,20?,22-,23+. The van der Waals surface area contributed by atoms with Gasteiger partial charge in [0.1, 0.15) is 12.6 Å². The highest BCUT2D eigenvalue weighted by Crippen LogP contribution is 2.48. The number of nitrogens with zero attached hydrogens (tertiary/aromatic N) is 2. The number of likely N-dealkylation sites (tertiary alicyclic amines) is 1. The Morgan fingerprint density at radius 1 is 1.02 bits per heavy atom. The van der Waals surface area contributed by atoms with Gasteiger partial charge in [-0.05, 0) is 59.8 Å². The molecule has 1 aliphatic carbocycles. The van der Waals surface area contributed by atoms with Crippen LogP contribution in [-0.4, -0.2) is 81.7 Å². The first-order valence-electron chi connectivity index (χ1n) is 14.0. The van der Waals surface area contributed by atoms with Gasteiger partial charge in [-0.15, -0.1) is 13.2 Å². The number of carbonyl (C=O) groups is 5. The number of piperidine rings is 1. The molecule has 3 unspecified atom stereocenters. The number of aliphatic carboxylic acids is 1. The summed E-state index contributed by atoms with van der Waals surface area (Å²) in [5.41, 5.74) is -2.65. The fourth-order valence-corrected chi connectivity index (χ4v) is 6.94.